The van der Waals surface area contributed by atoms with Crippen LogP contribution in [0.5, 0.6) is 5.75 Å². The molecule has 3 heterocycles. The van der Waals surface area contributed by atoms with E-state index in [1.54, 1.807) is 6.26 Å². The zero-order valence-electron chi connectivity index (χ0n) is 14.2. The first-order valence-corrected chi connectivity index (χ1v) is 8.73. The van der Waals surface area contributed by atoms with Crippen molar-refractivity contribution in [1.29, 1.82) is 0 Å². The molecule has 0 radical (unpaired) electrons. The molecule has 4 rings (SSSR count). The fourth-order valence-electron chi connectivity index (χ4n) is 3.15. The molecule has 1 saturated heterocycles. The Bertz CT molecular complexity index is 726. The van der Waals surface area contributed by atoms with Crippen LogP contribution in [0.25, 0.3) is 0 Å². The van der Waals surface area contributed by atoms with Crippen molar-refractivity contribution in [3.8, 4) is 5.75 Å². The van der Waals surface area contributed by atoms with Crippen molar-refractivity contribution >= 4 is 11.5 Å². The number of hydrogen-bond acceptors (Lipinski definition) is 6. The molecule has 130 valence electrons. The van der Waals surface area contributed by atoms with Gasteiger partial charge in [0.2, 0.25) is 0 Å². The monoisotopic (exact) mass is 337 g/mol. The summed E-state index contributed by atoms with van der Waals surface area (Å²) in [6.07, 6.45) is 3.60. The van der Waals surface area contributed by atoms with Gasteiger partial charge in [0.05, 0.1) is 5.69 Å². The maximum absolute atomic E-state index is 5.63. The fourth-order valence-corrected chi connectivity index (χ4v) is 3.15. The number of aromatic nitrogens is 1. The molecule has 6 nitrogen and oxygen atoms in total. The number of hydrogen-bond donors (Lipinski definition) is 2. The highest BCUT2D eigenvalue weighted by Crippen LogP contribution is 2.27. The topological polar surface area (TPSA) is 52.7 Å². The van der Waals surface area contributed by atoms with Crippen LogP contribution in [0.15, 0.2) is 60.7 Å². The van der Waals surface area contributed by atoms with E-state index in [4.69, 9.17) is 4.74 Å². The second-order valence-corrected chi connectivity index (χ2v) is 6.21. The van der Waals surface area contributed by atoms with Crippen LogP contribution < -0.4 is 20.3 Å². The van der Waals surface area contributed by atoms with Crippen LogP contribution in [-0.2, 0) is 0 Å². The molecule has 0 bridgehead atoms. The Morgan fingerprint density at radius 1 is 1.04 bits per heavy atom. The normalized spacial score (nSPS) is 17.1. The number of anilines is 2. The number of piperazine rings is 1. The summed E-state index contributed by atoms with van der Waals surface area (Å²) < 4.78 is 5.63. The molecule has 2 aliphatic rings. The van der Waals surface area contributed by atoms with Crippen molar-refractivity contribution in [3.63, 3.8) is 0 Å². The van der Waals surface area contributed by atoms with Crippen LogP contribution in [0, 0.1) is 0 Å². The fraction of sp³-hybridized carbons (Fsp3) is 0.316. The zero-order valence-corrected chi connectivity index (χ0v) is 14.2. The summed E-state index contributed by atoms with van der Waals surface area (Å²) in [6.45, 7) is 6.06. The van der Waals surface area contributed by atoms with Gasteiger partial charge in [-0.25, -0.2) is 4.98 Å². The van der Waals surface area contributed by atoms with Crippen molar-refractivity contribution in [2.45, 2.75) is 0 Å². The Morgan fingerprint density at radius 2 is 1.88 bits per heavy atom. The number of ether oxygens (including phenoxy) is 1. The molecule has 0 aliphatic carbocycles. The third-order valence-electron chi connectivity index (χ3n) is 4.55. The molecule has 1 aromatic carbocycles. The summed E-state index contributed by atoms with van der Waals surface area (Å²) >= 11 is 0. The molecule has 2 aromatic rings. The van der Waals surface area contributed by atoms with E-state index in [2.05, 4.69) is 31.5 Å². The molecule has 1 aromatic heterocycles. The van der Waals surface area contributed by atoms with Crippen molar-refractivity contribution < 1.29 is 4.74 Å². The van der Waals surface area contributed by atoms with E-state index in [9.17, 15) is 0 Å². The minimum absolute atomic E-state index is 0.860. The summed E-state index contributed by atoms with van der Waals surface area (Å²) in [7, 11) is 0. The molecule has 0 spiro atoms. The first kappa shape index (κ1) is 15.8. The summed E-state index contributed by atoms with van der Waals surface area (Å²) in [4.78, 5) is 9.26. The number of pyridine rings is 1. The molecule has 6 heteroatoms. The van der Waals surface area contributed by atoms with Crippen LogP contribution in [0.1, 0.15) is 0 Å². The van der Waals surface area contributed by atoms with E-state index in [-0.39, 0.29) is 0 Å². The Morgan fingerprint density at radius 3 is 2.72 bits per heavy atom. The van der Waals surface area contributed by atoms with Gasteiger partial charge in [0.25, 0.3) is 0 Å². The summed E-state index contributed by atoms with van der Waals surface area (Å²) in [5, 5.41) is 6.76. The number of rotatable bonds is 5. The number of benzene rings is 1. The second-order valence-electron chi connectivity index (χ2n) is 6.21. The van der Waals surface area contributed by atoms with Crippen LogP contribution in [0.3, 0.4) is 0 Å². The highest BCUT2D eigenvalue weighted by molar-refractivity contribution is 5.61. The minimum Gasteiger partial charge on any atom is -0.459 e. The maximum atomic E-state index is 5.63. The molecule has 25 heavy (non-hydrogen) atoms. The van der Waals surface area contributed by atoms with Gasteiger partial charge < -0.3 is 20.3 Å². The van der Waals surface area contributed by atoms with Gasteiger partial charge in [-0.2, -0.15) is 0 Å². The van der Waals surface area contributed by atoms with Crippen LogP contribution in [0.4, 0.5) is 11.5 Å². The Hall–Kier alpha value is -2.73. The Kier molecular flexibility index (Phi) is 4.70. The SMILES string of the molecule is C1=C(NCCN2CCN(c3ccccn3)CC2)Nc2ccccc2O1. The first-order valence-electron chi connectivity index (χ1n) is 8.73. The molecule has 0 amide bonds. The van der Waals surface area contributed by atoms with Crippen molar-refractivity contribution in [2.75, 3.05) is 49.5 Å². The predicted molar refractivity (Wildman–Crippen MR) is 99.7 cm³/mol. The summed E-state index contributed by atoms with van der Waals surface area (Å²) in [5.41, 5.74) is 0.997. The van der Waals surface area contributed by atoms with Gasteiger partial charge in [0.1, 0.15) is 23.7 Å². The van der Waals surface area contributed by atoms with E-state index in [1.807, 2.05) is 42.6 Å². The van der Waals surface area contributed by atoms with E-state index in [1.165, 1.54) is 0 Å². The molecule has 0 saturated carbocycles. The number of fused-ring (bicyclic) bond motifs is 1. The van der Waals surface area contributed by atoms with Gasteiger partial charge in [-0.1, -0.05) is 18.2 Å². The average molecular weight is 337 g/mol. The summed E-state index contributed by atoms with van der Waals surface area (Å²) in [6, 6.07) is 14.0. The quantitative estimate of drug-likeness (QED) is 0.871. The first-order chi connectivity index (χ1) is 12.4. The molecule has 2 aliphatic heterocycles. The maximum Gasteiger partial charge on any atom is 0.150 e. The lowest BCUT2D eigenvalue weighted by atomic mass is 10.3. The van der Waals surface area contributed by atoms with Gasteiger partial charge in [-0.15, -0.1) is 0 Å². The number of nitrogens with zero attached hydrogens (tertiary/aromatic N) is 3. The number of nitrogens with one attached hydrogen (secondary N) is 2. The molecule has 1 fully saturated rings. The largest absolute Gasteiger partial charge is 0.459 e. The lowest BCUT2D eigenvalue weighted by Gasteiger charge is -2.35. The van der Waals surface area contributed by atoms with Gasteiger partial charge in [0.15, 0.2) is 0 Å². The van der Waals surface area contributed by atoms with Crippen molar-refractivity contribution in [1.82, 2.24) is 15.2 Å². The molecule has 0 unspecified atom stereocenters. The van der Waals surface area contributed by atoms with Gasteiger partial charge >= 0.3 is 0 Å². The van der Waals surface area contributed by atoms with E-state index >= 15 is 0 Å². The minimum atomic E-state index is 0.860. The Labute approximate surface area is 148 Å². The van der Waals surface area contributed by atoms with E-state index in [0.29, 0.717) is 0 Å². The second kappa shape index (κ2) is 7.44. The smallest absolute Gasteiger partial charge is 0.150 e. The van der Waals surface area contributed by atoms with Crippen LogP contribution in [-0.4, -0.2) is 49.2 Å². The highest BCUT2D eigenvalue weighted by Gasteiger charge is 2.17. The van der Waals surface area contributed by atoms with Crippen molar-refractivity contribution in [2.24, 2.45) is 0 Å². The van der Waals surface area contributed by atoms with E-state index in [0.717, 1.165) is 62.3 Å². The van der Waals surface area contributed by atoms with Crippen LogP contribution in [0.2, 0.25) is 0 Å². The number of para-hydroxylation sites is 2. The Balaban J connectivity index is 1.20. The van der Waals surface area contributed by atoms with Gasteiger partial charge in [-0.3, -0.25) is 4.90 Å². The molecule has 2 N–H and O–H groups in total. The lowest BCUT2D eigenvalue weighted by molar-refractivity contribution is 0.259. The lowest BCUT2D eigenvalue weighted by Crippen LogP contribution is -2.48. The van der Waals surface area contributed by atoms with Gasteiger partial charge in [0, 0.05) is 45.5 Å². The predicted octanol–water partition coefficient (Wildman–Crippen LogP) is 2.10. The third kappa shape index (κ3) is 3.85. The molecular weight excluding hydrogens is 314 g/mol. The molecule has 0 atom stereocenters. The standard InChI is InChI=1S/C19H23N5O/c1-2-6-17-16(5-1)22-18(15-25-17)20-9-10-23-11-13-24(14-12-23)19-7-3-4-8-21-19/h1-8,15,20,22H,9-14H2. The van der Waals surface area contributed by atoms with Crippen LogP contribution >= 0.6 is 0 Å². The van der Waals surface area contributed by atoms with E-state index < -0.39 is 0 Å². The zero-order chi connectivity index (χ0) is 16.9. The van der Waals surface area contributed by atoms with Crippen molar-refractivity contribution in [3.05, 3.63) is 60.7 Å². The highest BCUT2D eigenvalue weighted by atomic mass is 16.5. The average Bonchev–Trinajstić information content (AvgIpc) is 2.69. The summed E-state index contributed by atoms with van der Waals surface area (Å²) in [5.74, 6) is 2.84. The molecular formula is C19H23N5O. The van der Waals surface area contributed by atoms with Gasteiger partial charge in [-0.05, 0) is 24.3 Å². The third-order valence-corrected chi connectivity index (χ3v) is 4.55.